The molecule has 0 heterocycles. The van der Waals surface area contributed by atoms with Crippen LogP contribution in [0.3, 0.4) is 0 Å². The molecule has 0 unspecified atom stereocenters. The molecular weight excluding hydrogens is 945 g/mol. The van der Waals surface area contributed by atoms with Gasteiger partial charge in [-0.05, 0) is 109 Å². The lowest BCUT2D eigenvalue weighted by Gasteiger charge is -2.42. The second kappa shape index (κ2) is 26.7. The molecule has 0 N–H and O–H groups in total. The molecule has 6 aromatic carbocycles. The van der Waals surface area contributed by atoms with Crippen LogP contribution in [0.15, 0.2) is 133 Å². The van der Waals surface area contributed by atoms with E-state index in [0.717, 1.165) is 0 Å². The second-order valence-electron chi connectivity index (χ2n) is 23.9. The summed E-state index contributed by atoms with van der Waals surface area (Å²) >= 11 is 0. The largest absolute Gasteiger partial charge is 0.312 e. The van der Waals surface area contributed by atoms with Crippen LogP contribution in [0.25, 0.3) is 10.8 Å². The first-order valence-electron chi connectivity index (χ1n) is 30.9. The van der Waals surface area contributed by atoms with Gasteiger partial charge in [-0.1, -0.05) is 287 Å². The van der Waals surface area contributed by atoms with Crippen LogP contribution in [-0.2, 0) is 0 Å². The fraction of sp³-hybridized carbons (Fsp3) is 0.514. The molecular formula is C70H93NP2Si. The Bertz CT molecular complexity index is 2340. The van der Waals surface area contributed by atoms with Crippen molar-refractivity contribution in [3.8, 4) is 0 Å². The van der Waals surface area contributed by atoms with Crippen LogP contribution in [0, 0.1) is 0 Å². The van der Waals surface area contributed by atoms with E-state index in [0.29, 0.717) is 23.7 Å². The Hall–Kier alpha value is -3.54. The predicted molar refractivity (Wildman–Crippen MR) is 332 cm³/mol. The number of fused-ring (bicyclic) bond motifs is 1. The third kappa shape index (κ3) is 12.6. The van der Waals surface area contributed by atoms with Gasteiger partial charge >= 0.3 is 0 Å². The first-order chi connectivity index (χ1) is 36.6. The fourth-order valence-corrected chi connectivity index (χ4v) is 26.4. The monoisotopic (exact) mass is 1040 g/mol. The van der Waals surface area contributed by atoms with E-state index in [1.54, 1.807) is 32.8 Å². The average Bonchev–Trinajstić information content (AvgIpc) is 3.48. The molecule has 0 amide bonds. The minimum Gasteiger partial charge on any atom is -0.312 e. The summed E-state index contributed by atoms with van der Waals surface area (Å²) in [6.07, 6.45) is 35.1. The lowest BCUT2D eigenvalue weighted by atomic mass is 9.84. The van der Waals surface area contributed by atoms with Crippen LogP contribution in [0.5, 0.6) is 0 Å². The van der Waals surface area contributed by atoms with E-state index in [4.69, 9.17) is 0 Å². The molecule has 0 saturated heterocycles. The zero-order valence-corrected chi connectivity index (χ0v) is 49.1. The number of hydrogen-bond donors (Lipinski definition) is 0. The maximum Gasteiger partial charge on any atom is 0.0875 e. The fourth-order valence-electron chi connectivity index (χ4n) is 14.6. The zero-order chi connectivity index (χ0) is 50.5. The lowest BCUT2D eigenvalue weighted by Crippen LogP contribution is -2.48. The molecule has 0 radical (unpaired) electrons. The van der Waals surface area contributed by atoms with E-state index >= 15 is 0 Å². The average molecular weight is 1040 g/mol. The van der Waals surface area contributed by atoms with Gasteiger partial charge in [0.2, 0.25) is 0 Å². The van der Waals surface area contributed by atoms with Gasteiger partial charge in [-0.2, -0.15) is 0 Å². The van der Waals surface area contributed by atoms with Crippen molar-refractivity contribution in [2.24, 2.45) is 0 Å². The molecule has 4 aliphatic carbocycles. The summed E-state index contributed by atoms with van der Waals surface area (Å²) in [6, 6.07) is 61.0. The Morgan fingerprint density at radius 3 is 0.946 bits per heavy atom. The Morgan fingerprint density at radius 1 is 0.351 bits per heavy atom. The molecule has 10 rings (SSSR count). The van der Waals surface area contributed by atoms with Gasteiger partial charge in [0.15, 0.2) is 0 Å². The molecule has 0 aromatic heterocycles. The summed E-state index contributed by atoms with van der Waals surface area (Å²) in [5, 5.41) is 10.7. The van der Waals surface area contributed by atoms with Gasteiger partial charge in [0.1, 0.15) is 0 Å². The van der Waals surface area contributed by atoms with E-state index < -0.39 is 24.2 Å². The molecule has 0 atom stereocenters. The van der Waals surface area contributed by atoms with E-state index in [9.17, 15) is 0 Å². The first-order valence-corrected chi connectivity index (χ1v) is 36.1. The summed E-state index contributed by atoms with van der Waals surface area (Å²) in [5.41, 5.74) is 7.67. The Morgan fingerprint density at radius 2 is 0.649 bits per heavy atom. The maximum absolute atomic E-state index is 3.10. The predicted octanol–water partition coefficient (Wildman–Crippen LogP) is 20.0. The standard InChI is InChI=1S/C70H93NP2Si/c1-4-7-52-74(53-8-5-2,54-9-6-3)70-51-50-69(67-32-22-23-33-68(67)70)71(72(63-42-34-59(35-43-63)55-24-14-10-15-25-55)64-44-36-60(37-45-64)56-26-16-11-17-27-56)73(65-46-38-61(39-47-65)57-28-18-12-19-29-57)66-48-40-62(41-49-66)58-30-20-13-21-31-58/h22-23,32-51,55-58H,4-21,24-31,52-54H2,1-3H3. The maximum atomic E-state index is 3.10. The number of anilines is 1. The Kier molecular flexibility index (Phi) is 19.4. The van der Waals surface area contributed by atoms with Crippen LogP contribution in [0.1, 0.15) is 234 Å². The third-order valence-corrected chi connectivity index (χ3v) is 29.9. The van der Waals surface area contributed by atoms with Gasteiger partial charge in [0.05, 0.1) is 29.9 Å². The molecule has 1 nitrogen and oxygen atoms in total. The molecule has 6 aromatic rings. The SMILES string of the molecule is CCCC[Si](CCCC)(CCCC)c1ccc(N(P(c2ccc(C3CCCCC3)cc2)c2ccc(C3CCCCC3)cc2)P(c2ccc(C3CCCCC3)cc2)c2ccc(C3CCCCC3)cc2)c2ccccc12. The Labute approximate surface area is 454 Å². The normalized spacial score (nSPS) is 17.9. The number of nitrogens with zero attached hydrogens (tertiary/aromatic N) is 1. The third-order valence-electron chi connectivity index (χ3n) is 19.0. The molecule has 4 heteroatoms. The quantitative estimate of drug-likeness (QED) is 0.0513. The Balaban J connectivity index is 1.22. The van der Waals surface area contributed by atoms with Gasteiger partial charge in [0, 0.05) is 26.6 Å². The van der Waals surface area contributed by atoms with Gasteiger partial charge < -0.3 is 4.44 Å². The smallest absolute Gasteiger partial charge is 0.0875 e. The van der Waals surface area contributed by atoms with Gasteiger partial charge in [-0.25, -0.2) is 0 Å². The summed E-state index contributed by atoms with van der Waals surface area (Å²) in [6.45, 7) is 7.28. The summed E-state index contributed by atoms with van der Waals surface area (Å²) < 4.78 is 3.10. The van der Waals surface area contributed by atoms with Gasteiger partial charge in [-0.15, -0.1) is 0 Å². The van der Waals surface area contributed by atoms with Crippen molar-refractivity contribution in [1.29, 1.82) is 0 Å². The van der Waals surface area contributed by atoms with Crippen LogP contribution in [0.4, 0.5) is 5.69 Å². The molecule has 74 heavy (non-hydrogen) atoms. The second-order valence-corrected chi connectivity index (χ2v) is 32.9. The van der Waals surface area contributed by atoms with Crippen molar-refractivity contribution in [3.05, 3.63) is 156 Å². The summed E-state index contributed by atoms with van der Waals surface area (Å²) in [5.74, 6) is 2.75. The highest BCUT2D eigenvalue weighted by Crippen LogP contribution is 2.59. The van der Waals surface area contributed by atoms with Crippen molar-refractivity contribution >= 4 is 67.1 Å². The van der Waals surface area contributed by atoms with Crippen LogP contribution < -0.4 is 30.8 Å². The number of rotatable bonds is 21. The van der Waals surface area contributed by atoms with E-state index in [2.05, 4.69) is 159 Å². The molecule has 4 aliphatic rings. The van der Waals surface area contributed by atoms with Gasteiger partial charge in [-0.3, -0.25) is 0 Å². The molecule has 392 valence electrons. The van der Waals surface area contributed by atoms with Crippen molar-refractivity contribution in [3.63, 3.8) is 0 Å². The molecule has 0 bridgehead atoms. The topological polar surface area (TPSA) is 3.24 Å². The highest BCUT2D eigenvalue weighted by Gasteiger charge is 2.38. The lowest BCUT2D eigenvalue weighted by molar-refractivity contribution is 0.443. The van der Waals surface area contributed by atoms with Crippen molar-refractivity contribution in [2.75, 3.05) is 4.44 Å². The molecule has 0 aliphatic heterocycles. The minimum atomic E-state index is -1.87. The first kappa shape index (κ1) is 53.8. The number of hydrogen-bond acceptors (Lipinski definition) is 1. The highest BCUT2D eigenvalue weighted by atomic mass is 31.2. The molecule has 0 spiro atoms. The van der Waals surface area contributed by atoms with Crippen molar-refractivity contribution in [1.82, 2.24) is 0 Å². The van der Waals surface area contributed by atoms with Crippen molar-refractivity contribution in [2.45, 2.75) is 230 Å². The highest BCUT2D eigenvalue weighted by molar-refractivity contribution is 7.90. The minimum absolute atomic E-state index is 0.687. The summed E-state index contributed by atoms with van der Waals surface area (Å²) in [7, 11) is -3.95. The van der Waals surface area contributed by atoms with Crippen LogP contribution in [-0.4, -0.2) is 8.07 Å². The molecule has 4 fully saturated rings. The molecule has 4 saturated carbocycles. The van der Waals surface area contributed by atoms with Crippen molar-refractivity contribution < 1.29 is 0 Å². The van der Waals surface area contributed by atoms with E-state index in [-0.39, 0.29) is 0 Å². The van der Waals surface area contributed by atoms with E-state index in [1.165, 1.54) is 217 Å². The van der Waals surface area contributed by atoms with Crippen LogP contribution >= 0.6 is 16.1 Å². The summed E-state index contributed by atoms with van der Waals surface area (Å²) in [4.78, 5) is 0. The van der Waals surface area contributed by atoms with Gasteiger partial charge in [0.25, 0.3) is 0 Å². The van der Waals surface area contributed by atoms with E-state index in [1.807, 2.05) is 0 Å². The number of unbranched alkanes of at least 4 members (excludes halogenated alkanes) is 3. The van der Waals surface area contributed by atoms with Crippen LogP contribution in [0.2, 0.25) is 18.1 Å². The number of benzene rings is 6. The zero-order valence-electron chi connectivity index (χ0n) is 46.4.